The molecule has 0 spiro atoms. The van der Waals surface area contributed by atoms with Crippen molar-refractivity contribution in [2.24, 2.45) is 5.10 Å². The van der Waals surface area contributed by atoms with Gasteiger partial charge in [0.2, 0.25) is 0 Å². The molecule has 4 heteroatoms. The average Bonchev–Trinajstić information content (AvgIpc) is 2.48. The Kier molecular flexibility index (Phi) is 4.50. The van der Waals surface area contributed by atoms with Crippen LogP contribution in [-0.2, 0) is 0 Å². The van der Waals surface area contributed by atoms with Crippen LogP contribution in [0.1, 0.15) is 15.9 Å². The normalized spacial score (nSPS) is 10.5. The summed E-state index contributed by atoms with van der Waals surface area (Å²) < 4.78 is 0. The molecule has 2 aromatic rings. The molecule has 2 aromatic carbocycles. The molecule has 0 atom stereocenters. The van der Waals surface area contributed by atoms with E-state index in [2.05, 4.69) is 10.5 Å². The van der Waals surface area contributed by atoms with Crippen LogP contribution in [0.15, 0.2) is 59.7 Å². The molecule has 0 aliphatic carbocycles. The number of nitrogens with zero attached hydrogens (tertiary/aromatic N) is 2. The molecular weight excluding hydrogens is 250 g/mol. The second-order valence-corrected chi connectivity index (χ2v) is 4.55. The fraction of sp³-hybridized carbons (Fsp3) is 0.125. The number of hydrazone groups is 1. The maximum atomic E-state index is 11.9. The highest BCUT2D eigenvalue weighted by atomic mass is 16.2. The number of anilines is 1. The maximum absolute atomic E-state index is 11.9. The van der Waals surface area contributed by atoms with E-state index in [1.807, 2.05) is 61.5 Å². The van der Waals surface area contributed by atoms with Gasteiger partial charge in [0.25, 0.3) is 5.91 Å². The van der Waals surface area contributed by atoms with Crippen molar-refractivity contribution >= 4 is 17.8 Å². The van der Waals surface area contributed by atoms with Crippen molar-refractivity contribution in [2.45, 2.75) is 0 Å². The Bertz CT molecular complexity index is 589. The van der Waals surface area contributed by atoms with Gasteiger partial charge in [-0.3, -0.25) is 4.79 Å². The largest absolute Gasteiger partial charge is 0.378 e. The summed E-state index contributed by atoms with van der Waals surface area (Å²) in [4.78, 5) is 13.9. The van der Waals surface area contributed by atoms with Crippen LogP contribution in [0.2, 0.25) is 0 Å². The fourth-order valence-corrected chi connectivity index (χ4v) is 1.68. The summed E-state index contributed by atoms with van der Waals surface area (Å²) in [7, 11) is 3.92. The van der Waals surface area contributed by atoms with Crippen LogP contribution >= 0.6 is 0 Å². The lowest BCUT2D eigenvalue weighted by atomic mass is 10.2. The van der Waals surface area contributed by atoms with Crippen LogP contribution < -0.4 is 10.3 Å². The molecule has 4 nitrogen and oxygen atoms in total. The summed E-state index contributed by atoms with van der Waals surface area (Å²) in [5.41, 5.74) is 5.09. The van der Waals surface area contributed by atoms with Gasteiger partial charge in [-0.05, 0) is 29.8 Å². The standard InChI is InChI=1S/C16H17N3O/c1-19(2)15-10-8-14(9-11-15)16(20)18-17-12-13-6-4-3-5-7-13/h3-12H,1-2H3,(H,18,20). The Morgan fingerprint density at radius 3 is 2.30 bits per heavy atom. The van der Waals surface area contributed by atoms with Gasteiger partial charge in [-0.2, -0.15) is 5.10 Å². The second-order valence-electron chi connectivity index (χ2n) is 4.55. The predicted octanol–water partition coefficient (Wildman–Crippen LogP) is 2.52. The van der Waals surface area contributed by atoms with Gasteiger partial charge in [-0.25, -0.2) is 5.43 Å². The van der Waals surface area contributed by atoms with Crippen LogP contribution in [0.5, 0.6) is 0 Å². The Morgan fingerprint density at radius 2 is 1.70 bits per heavy atom. The molecule has 0 aromatic heterocycles. The lowest BCUT2D eigenvalue weighted by Gasteiger charge is -2.12. The molecule has 2 rings (SSSR count). The van der Waals surface area contributed by atoms with Gasteiger partial charge in [-0.1, -0.05) is 30.3 Å². The predicted molar refractivity (Wildman–Crippen MR) is 82.3 cm³/mol. The first kappa shape index (κ1) is 13.8. The summed E-state index contributed by atoms with van der Waals surface area (Å²) in [6, 6.07) is 17.0. The van der Waals surface area contributed by atoms with E-state index in [0.717, 1.165) is 11.3 Å². The summed E-state index contributed by atoms with van der Waals surface area (Å²) in [6.07, 6.45) is 1.62. The first-order valence-corrected chi connectivity index (χ1v) is 6.32. The van der Waals surface area contributed by atoms with E-state index in [0.29, 0.717) is 5.56 Å². The summed E-state index contributed by atoms with van der Waals surface area (Å²) in [5.74, 6) is -0.220. The van der Waals surface area contributed by atoms with Gasteiger partial charge < -0.3 is 4.90 Å². The van der Waals surface area contributed by atoms with Crippen molar-refractivity contribution in [3.05, 3.63) is 65.7 Å². The summed E-state index contributed by atoms with van der Waals surface area (Å²) in [6.45, 7) is 0. The molecule has 0 saturated heterocycles. The molecule has 0 unspecified atom stereocenters. The number of rotatable bonds is 4. The molecule has 0 radical (unpaired) electrons. The molecule has 0 aliphatic heterocycles. The molecule has 1 amide bonds. The van der Waals surface area contributed by atoms with Crippen LogP contribution in [0.4, 0.5) is 5.69 Å². The molecular formula is C16H17N3O. The molecule has 0 saturated carbocycles. The average molecular weight is 267 g/mol. The first-order chi connectivity index (χ1) is 9.66. The highest BCUT2D eigenvalue weighted by molar-refractivity contribution is 5.95. The SMILES string of the molecule is CN(C)c1ccc(C(=O)NN=Cc2ccccc2)cc1. The number of amides is 1. The third-order valence-electron chi connectivity index (χ3n) is 2.83. The summed E-state index contributed by atoms with van der Waals surface area (Å²) >= 11 is 0. The topological polar surface area (TPSA) is 44.7 Å². The number of carbonyl (C=O) groups is 1. The third kappa shape index (κ3) is 3.68. The third-order valence-corrected chi connectivity index (χ3v) is 2.83. The number of hydrogen-bond donors (Lipinski definition) is 1. The minimum Gasteiger partial charge on any atom is -0.378 e. The quantitative estimate of drug-likeness (QED) is 0.683. The first-order valence-electron chi connectivity index (χ1n) is 6.32. The van der Waals surface area contributed by atoms with Gasteiger partial charge in [0.05, 0.1) is 6.21 Å². The van der Waals surface area contributed by atoms with E-state index >= 15 is 0 Å². The van der Waals surface area contributed by atoms with E-state index < -0.39 is 0 Å². The van der Waals surface area contributed by atoms with Crippen LogP contribution in [0.3, 0.4) is 0 Å². The number of benzene rings is 2. The minimum absolute atomic E-state index is 0.220. The van der Waals surface area contributed by atoms with Gasteiger partial charge in [0, 0.05) is 25.3 Å². The van der Waals surface area contributed by atoms with Crippen molar-refractivity contribution < 1.29 is 4.79 Å². The van der Waals surface area contributed by atoms with Gasteiger partial charge in [0.15, 0.2) is 0 Å². The lowest BCUT2D eigenvalue weighted by Crippen LogP contribution is -2.17. The Hall–Kier alpha value is -2.62. The van der Waals surface area contributed by atoms with Crippen molar-refractivity contribution in [3.63, 3.8) is 0 Å². The number of nitrogens with one attached hydrogen (secondary N) is 1. The number of hydrogen-bond acceptors (Lipinski definition) is 3. The lowest BCUT2D eigenvalue weighted by molar-refractivity contribution is 0.0955. The monoisotopic (exact) mass is 267 g/mol. The van der Waals surface area contributed by atoms with E-state index in [4.69, 9.17) is 0 Å². The Balaban J connectivity index is 1.96. The highest BCUT2D eigenvalue weighted by Crippen LogP contribution is 2.11. The van der Waals surface area contributed by atoms with E-state index in [9.17, 15) is 4.79 Å². The summed E-state index contributed by atoms with van der Waals surface area (Å²) in [5, 5.41) is 3.94. The molecule has 20 heavy (non-hydrogen) atoms. The zero-order valence-electron chi connectivity index (χ0n) is 11.6. The van der Waals surface area contributed by atoms with Crippen molar-refractivity contribution in [2.75, 3.05) is 19.0 Å². The van der Waals surface area contributed by atoms with Crippen LogP contribution in [0, 0.1) is 0 Å². The number of carbonyl (C=O) groups excluding carboxylic acids is 1. The molecule has 0 aliphatic rings. The van der Waals surface area contributed by atoms with Gasteiger partial charge >= 0.3 is 0 Å². The zero-order chi connectivity index (χ0) is 14.4. The van der Waals surface area contributed by atoms with Crippen molar-refractivity contribution in [1.29, 1.82) is 0 Å². The smallest absolute Gasteiger partial charge is 0.271 e. The Labute approximate surface area is 118 Å². The van der Waals surface area contributed by atoms with Crippen LogP contribution in [-0.4, -0.2) is 26.2 Å². The van der Waals surface area contributed by atoms with Crippen molar-refractivity contribution in [1.82, 2.24) is 5.43 Å². The molecule has 0 heterocycles. The fourth-order valence-electron chi connectivity index (χ4n) is 1.68. The maximum Gasteiger partial charge on any atom is 0.271 e. The second kappa shape index (κ2) is 6.52. The van der Waals surface area contributed by atoms with E-state index in [1.54, 1.807) is 18.3 Å². The minimum atomic E-state index is -0.220. The Morgan fingerprint density at radius 1 is 1.05 bits per heavy atom. The zero-order valence-corrected chi connectivity index (χ0v) is 11.6. The van der Waals surface area contributed by atoms with Gasteiger partial charge in [-0.15, -0.1) is 0 Å². The molecule has 0 bridgehead atoms. The van der Waals surface area contributed by atoms with E-state index in [1.165, 1.54) is 0 Å². The molecule has 102 valence electrons. The molecule has 0 fully saturated rings. The van der Waals surface area contributed by atoms with Gasteiger partial charge in [0.1, 0.15) is 0 Å². The van der Waals surface area contributed by atoms with Crippen LogP contribution in [0.25, 0.3) is 0 Å². The highest BCUT2D eigenvalue weighted by Gasteiger charge is 2.04. The van der Waals surface area contributed by atoms with E-state index in [-0.39, 0.29) is 5.91 Å². The molecule has 1 N–H and O–H groups in total. The van der Waals surface area contributed by atoms with Crippen molar-refractivity contribution in [3.8, 4) is 0 Å².